The first-order valence-electron chi connectivity index (χ1n) is 7.54. The van der Waals surface area contributed by atoms with E-state index >= 15 is 0 Å². The van der Waals surface area contributed by atoms with Crippen molar-refractivity contribution in [1.82, 2.24) is 9.80 Å². The summed E-state index contributed by atoms with van der Waals surface area (Å²) in [6.07, 6.45) is 3.42. The standard InChI is InChI=1S/C16H21N3O4S/c1-3-8-19(24(2,22)23)15-6-4-14(5-7-15)16(21)18-11-9-17(13-20)10-12-18/h3-7,13H,1,8-12H2,2H3. The first kappa shape index (κ1) is 18.0. The topological polar surface area (TPSA) is 78.0 Å². The normalized spacial score (nSPS) is 15.0. The molecule has 0 bridgehead atoms. The lowest BCUT2D eigenvalue weighted by Gasteiger charge is -2.32. The van der Waals surface area contributed by atoms with Crippen LogP contribution in [-0.4, -0.2) is 69.5 Å². The maximum atomic E-state index is 12.5. The van der Waals surface area contributed by atoms with Gasteiger partial charge in [0.1, 0.15) is 0 Å². The third-order valence-electron chi connectivity index (χ3n) is 3.85. The van der Waals surface area contributed by atoms with E-state index in [1.165, 1.54) is 10.4 Å². The number of rotatable bonds is 6. The molecule has 130 valence electrons. The smallest absolute Gasteiger partial charge is 0.253 e. The molecule has 0 aromatic heterocycles. The van der Waals surface area contributed by atoms with Gasteiger partial charge in [-0.1, -0.05) is 6.08 Å². The number of benzene rings is 1. The van der Waals surface area contributed by atoms with Crippen molar-refractivity contribution in [2.75, 3.05) is 43.3 Å². The molecule has 1 fully saturated rings. The van der Waals surface area contributed by atoms with Gasteiger partial charge in [-0.2, -0.15) is 0 Å². The number of carbonyl (C=O) groups excluding carboxylic acids is 2. The molecule has 1 aromatic rings. The van der Waals surface area contributed by atoms with Crippen LogP contribution in [0.2, 0.25) is 0 Å². The Morgan fingerprint density at radius 2 is 1.79 bits per heavy atom. The summed E-state index contributed by atoms with van der Waals surface area (Å²) in [5.74, 6) is -0.123. The minimum Gasteiger partial charge on any atom is -0.342 e. The summed E-state index contributed by atoms with van der Waals surface area (Å²) in [5, 5.41) is 0. The average molecular weight is 351 g/mol. The van der Waals surface area contributed by atoms with Gasteiger partial charge in [0.15, 0.2) is 0 Å². The molecule has 1 saturated heterocycles. The summed E-state index contributed by atoms with van der Waals surface area (Å²) in [4.78, 5) is 26.5. The van der Waals surface area contributed by atoms with Crippen molar-refractivity contribution >= 4 is 28.0 Å². The fraction of sp³-hybridized carbons (Fsp3) is 0.375. The number of amides is 2. The lowest BCUT2D eigenvalue weighted by molar-refractivity contribution is -0.119. The van der Waals surface area contributed by atoms with E-state index in [0.717, 1.165) is 12.7 Å². The Hall–Kier alpha value is -2.35. The Labute approximate surface area is 142 Å². The van der Waals surface area contributed by atoms with Gasteiger partial charge in [-0.3, -0.25) is 13.9 Å². The molecule has 2 amide bonds. The lowest BCUT2D eigenvalue weighted by Crippen LogP contribution is -2.48. The van der Waals surface area contributed by atoms with Gasteiger partial charge in [0.05, 0.1) is 18.5 Å². The monoisotopic (exact) mass is 351 g/mol. The van der Waals surface area contributed by atoms with E-state index in [-0.39, 0.29) is 12.5 Å². The van der Waals surface area contributed by atoms with Gasteiger partial charge < -0.3 is 9.80 Å². The SMILES string of the molecule is C=CCN(c1ccc(C(=O)N2CCN(C=O)CC2)cc1)S(C)(=O)=O. The van der Waals surface area contributed by atoms with E-state index in [1.807, 2.05) is 0 Å². The number of piperazine rings is 1. The van der Waals surface area contributed by atoms with Crippen LogP contribution in [0.4, 0.5) is 5.69 Å². The highest BCUT2D eigenvalue weighted by molar-refractivity contribution is 7.92. The van der Waals surface area contributed by atoms with Gasteiger partial charge in [0.2, 0.25) is 16.4 Å². The number of nitrogens with zero attached hydrogens (tertiary/aromatic N) is 3. The molecule has 0 spiro atoms. The molecule has 1 aliphatic rings. The Balaban J connectivity index is 2.12. The van der Waals surface area contributed by atoms with Crippen molar-refractivity contribution in [3.8, 4) is 0 Å². The lowest BCUT2D eigenvalue weighted by atomic mass is 10.1. The van der Waals surface area contributed by atoms with E-state index in [9.17, 15) is 18.0 Å². The fourth-order valence-electron chi connectivity index (χ4n) is 2.53. The molecule has 8 heteroatoms. The number of hydrogen-bond acceptors (Lipinski definition) is 4. The Morgan fingerprint density at radius 1 is 1.21 bits per heavy atom. The summed E-state index contributed by atoms with van der Waals surface area (Å²) in [6, 6.07) is 6.45. The first-order chi connectivity index (χ1) is 11.4. The van der Waals surface area contributed by atoms with Crippen molar-refractivity contribution in [3.05, 3.63) is 42.5 Å². The molecule has 1 heterocycles. The van der Waals surface area contributed by atoms with E-state index < -0.39 is 10.0 Å². The summed E-state index contributed by atoms with van der Waals surface area (Å²) < 4.78 is 24.9. The molecule has 1 aromatic carbocycles. The van der Waals surface area contributed by atoms with Gasteiger partial charge in [-0.25, -0.2) is 8.42 Å². The second kappa shape index (κ2) is 7.48. The quantitative estimate of drug-likeness (QED) is 0.554. The van der Waals surface area contributed by atoms with Crippen molar-refractivity contribution in [1.29, 1.82) is 0 Å². The molecule has 1 aliphatic heterocycles. The second-order valence-corrected chi connectivity index (χ2v) is 7.47. The Bertz CT molecular complexity index is 707. The van der Waals surface area contributed by atoms with Gasteiger partial charge in [-0.15, -0.1) is 6.58 Å². The summed E-state index contributed by atoms with van der Waals surface area (Å²) >= 11 is 0. The molecule has 0 unspecified atom stereocenters. The molecule has 0 atom stereocenters. The maximum absolute atomic E-state index is 12.5. The Morgan fingerprint density at radius 3 is 2.25 bits per heavy atom. The highest BCUT2D eigenvalue weighted by Crippen LogP contribution is 2.19. The van der Waals surface area contributed by atoms with Crippen molar-refractivity contribution < 1.29 is 18.0 Å². The highest BCUT2D eigenvalue weighted by Gasteiger charge is 2.22. The third-order valence-corrected chi connectivity index (χ3v) is 5.01. The molecule has 0 radical (unpaired) electrons. The number of sulfonamides is 1. The van der Waals surface area contributed by atoms with E-state index in [1.54, 1.807) is 34.1 Å². The largest absolute Gasteiger partial charge is 0.342 e. The van der Waals surface area contributed by atoms with Crippen LogP contribution < -0.4 is 4.31 Å². The predicted octanol–water partition coefficient (Wildman–Crippen LogP) is 0.553. The van der Waals surface area contributed by atoms with Gasteiger partial charge in [0.25, 0.3) is 5.91 Å². The van der Waals surface area contributed by atoms with Crippen molar-refractivity contribution in [3.63, 3.8) is 0 Å². The molecule has 24 heavy (non-hydrogen) atoms. The molecule has 2 rings (SSSR count). The third kappa shape index (κ3) is 4.14. The van der Waals surface area contributed by atoms with E-state index in [0.29, 0.717) is 37.4 Å². The van der Waals surface area contributed by atoms with Crippen molar-refractivity contribution in [2.45, 2.75) is 0 Å². The van der Waals surface area contributed by atoms with Crippen LogP contribution in [0.15, 0.2) is 36.9 Å². The van der Waals surface area contributed by atoms with Crippen LogP contribution in [0, 0.1) is 0 Å². The van der Waals surface area contributed by atoms with E-state index in [2.05, 4.69) is 6.58 Å². The summed E-state index contributed by atoms with van der Waals surface area (Å²) in [7, 11) is -3.41. The first-order valence-corrected chi connectivity index (χ1v) is 9.39. The molecule has 0 aliphatic carbocycles. The summed E-state index contributed by atoms with van der Waals surface area (Å²) in [6.45, 7) is 5.76. The molecular weight excluding hydrogens is 330 g/mol. The zero-order valence-electron chi connectivity index (χ0n) is 13.6. The van der Waals surface area contributed by atoms with E-state index in [4.69, 9.17) is 0 Å². The highest BCUT2D eigenvalue weighted by atomic mass is 32.2. The van der Waals surface area contributed by atoms with Crippen LogP contribution in [0.5, 0.6) is 0 Å². The average Bonchev–Trinajstić information content (AvgIpc) is 2.58. The van der Waals surface area contributed by atoms with Crippen molar-refractivity contribution in [2.24, 2.45) is 0 Å². The predicted molar refractivity (Wildman–Crippen MR) is 92.4 cm³/mol. The van der Waals surface area contributed by atoms with Crippen LogP contribution in [0.3, 0.4) is 0 Å². The second-order valence-electron chi connectivity index (χ2n) is 5.56. The minimum absolute atomic E-state index is 0.123. The molecular formula is C16H21N3O4S. The number of hydrogen-bond donors (Lipinski definition) is 0. The van der Waals surface area contributed by atoms with Crippen LogP contribution in [0.1, 0.15) is 10.4 Å². The zero-order chi connectivity index (χ0) is 17.7. The van der Waals surface area contributed by atoms with Crippen LogP contribution >= 0.6 is 0 Å². The maximum Gasteiger partial charge on any atom is 0.253 e. The molecule has 7 nitrogen and oxygen atoms in total. The van der Waals surface area contributed by atoms with Crippen LogP contribution in [0.25, 0.3) is 0 Å². The number of anilines is 1. The van der Waals surface area contributed by atoms with Gasteiger partial charge in [-0.05, 0) is 24.3 Å². The van der Waals surface area contributed by atoms with Crippen LogP contribution in [-0.2, 0) is 14.8 Å². The minimum atomic E-state index is -3.41. The number of carbonyl (C=O) groups is 2. The van der Waals surface area contributed by atoms with Gasteiger partial charge >= 0.3 is 0 Å². The summed E-state index contributed by atoms with van der Waals surface area (Å²) in [5.41, 5.74) is 0.977. The Kier molecular flexibility index (Phi) is 5.61. The fourth-order valence-corrected chi connectivity index (χ4v) is 3.41. The molecule has 0 N–H and O–H groups in total. The van der Waals surface area contributed by atoms with Gasteiger partial charge in [0, 0.05) is 31.7 Å². The molecule has 0 saturated carbocycles. The zero-order valence-corrected chi connectivity index (χ0v) is 14.4.